The zero-order chi connectivity index (χ0) is 22.8. The smallest absolute Gasteiger partial charge is 0.269 e. The largest absolute Gasteiger partial charge is 0.280 e. The zero-order valence-corrected chi connectivity index (χ0v) is 18.2. The maximum Gasteiger partial charge on any atom is 0.269 e. The molecule has 3 aromatic rings. The number of anilines is 2. The van der Waals surface area contributed by atoms with E-state index in [1.807, 2.05) is 13.0 Å². The fourth-order valence-corrected chi connectivity index (χ4v) is 5.20. The number of hydrogen-bond acceptors (Lipinski definition) is 6. The van der Waals surface area contributed by atoms with Gasteiger partial charge in [-0.15, -0.1) is 0 Å². The first kappa shape index (κ1) is 22.2. The lowest BCUT2D eigenvalue weighted by Crippen LogP contribution is -2.16. The summed E-state index contributed by atoms with van der Waals surface area (Å²) < 4.78 is 55.8. The molecule has 0 saturated heterocycles. The minimum Gasteiger partial charge on any atom is -0.280 e. The van der Waals surface area contributed by atoms with Gasteiger partial charge in [-0.1, -0.05) is 18.2 Å². The first-order valence-electron chi connectivity index (χ1n) is 8.95. The van der Waals surface area contributed by atoms with Gasteiger partial charge in [-0.05, 0) is 61.4 Å². The van der Waals surface area contributed by atoms with Crippen LogP contribution in [0.1, 0.15) is 11.1 Å². The van der Waals surface area contributed by atoms with Crippen LogP contribution in [-0.2, 0) is 20.0 Å². The molecule has 0 fully saturated rings. The maximum absolute atomic E-state index is 12.9. The number of sulfonamides is 2. The third-order valence-corrected chi connectivity index (χ3v) is 7.28. The molecule has 0 aromatic heterocycles. The van der Waals surface area contributed by atoms with Gasteiger partial charge < -0.3 is 0 Å². The fraction of sp³-hybridized carbons (Fsp3) is 0.100. The molecule has 0 saturated carbocycles. The van der Waals surface area contributed by atoms with Gasteiger partial charge in [0.05, 0.1) is 20.4 Å². The summed E-state index contributed by atoms with van der Waals surface area (Å²) in [6.07, 6.45) is 0. The summed E-state index contributed by atoms with van der Waals surface area (Å²) in [7, 11) is -8.06. The molecule has 31 heavy (non-hydrogen) atoms. The van der Waals surface area contributed by atoms with Gasteiger partial charge >= 0.3 is 0 Å². The molecule has 0 spiro atoms. The number of hydrogen-bond donors (Lipinski definition) is 2. The number of non-ortho nitro benzene ring substituents is 1. The van der Waals surface area contributed by atoms with Gasteiger partial charge in [0.15, 0.2) is 0 Å². The predicted molar refractivity (Wildman–Crippen MR) is 117 cm³/mol. The number of nitro groups is 1. The van der Waals surface area contributed by atoms with Crippen LogP contribution < -0.4 is 9.44 Å². The second-order valence-corrected chi connectivity index (χ2v) is 10.1. The SMILES string of the molecule is Cc1cccc(NS(=O)(=O)c2cc(NS(=O)(=O)c3ccc([N+](=O)[O-])cc3)ccc2C)c1. The van der Waals surface area contributed by atoms with E-state index in [1.54, 1.807) is 25.1 Å². The summed E-state index contributed by atoms with van der Waals surface area (Å²) in [5, 5.41) is 10.7. The zero-order valence-electron chi connectivity index (χ0n) is 16.6. The molecule has 0 atom stereocenters. The lowest BCUT2D eigenvalue weighted by atomic mass is 10.2. The van der Waals surface area contributed by atoms with E-state index in [0.29, 0.717) is 11.3 Å². The lowest BCUT2D eigenvalue weighted by Gasteiger charge is -2.14. The Hall–Kier alpha value is -3.44. The first-order chi connectivity index (χ1) is 14.5. The van der Waals surface area contributed by atoms with E-state index in [-0.39, 0.29) is 21.2 Å². The third kappa shape index (κ3) is 5.19. The quantitative estimate of drug-likeness (QED) is 0.406. The number of benzene rings is 3. The molecule has 3 aromatic carbocycles. The van der Waals surface area contributed by atoms with Crippen molar-refractivity contribution in [3.63, 3.8) is 0 Å². The highest BCUT2D eigenvalue weighted by Crippen LogP contribution is 2.25. The van der Waals surface area contributed by atoms with Crippen LogP contribution in [0.3, 0.4) is 0 Å². The van der Waals surface area contributed by atoms with Gasteiger partial charge in [0, 0.05) is 17.8 Å². The van der Waals surface area contributed by atoms with Crippen molar-refractivity contribution in [1.82, 2.24) is 0 Å². The Labute approximate surface area is 180 Å². The molecular weight excluding hydrogens is 442 g/mol. The standard InChI is InChI=1S/C20H19N3O6S2/c1-14-4-3-5-16(12-14)22-31(28,29)20-13-17(7-6-15(20)2)21-30(26,27)19-10-8-18(9-11-19)23(24)25/h3-13,21-22H,1-2H3. The summed E-state index contributed by atoms with van der Waals surface area (Å²) in [5.74, 6) is 0. The summed E-state index contributed by atoms with van der Waals surface area (Å²) >= 11 is 0. The Morgan fingerprint density at radius 1 is 0.774 bits per heavy atom. The van der Waals surface area contributed by atoms with Crippen molar-refractivity contribution in [2.45, 2.75) is 23.6 Å². The van der Waals surface area contributed by atoms with Crippen LogP contribution in [0.25, 0.3) is 0 Å². The van der Waals surface area contributed by atoms with Gasteiger partial charge in [0.25, 0.3) is 25.7 Å². The van der Waals surface area contributed by atoms with Crippen molar-refractivity contribution < 1.29 is 21.8 Å². The average Bonchev–Trinajstić information content (AvgIpc) is 2.69. The predicted octanol–water partition coefficient (Wildman–Crippen LogP) is 3.81. The van der Waals surface area contributed by atoms with Crippen molar-refractivity contribution >= 4 is 37.1 Å². The molecular formula is C20H19N3O6S2. The first-order valence-corrected chi connectivity index (χ1v) is 11.9. The Morgan fingerprint density at radius 2 is 1.39 bits per heavy atom. The molecule has 11 heteroatoms. The van der Waals surface area contributed by atoms with Crippen LogP contribution in [0.4, 0.5) is 17.1 Å². The molecule has 162 valence electrons. The molecule has 3 rings (SSSR count). The topological polar surface area (TPSA) is 135 Å². The third-order valence-electron chi connectivity index (χ3n) is 4.36. The van der Waals surface area contributed by atoms with Crippen LogP contribution in [0, 0.1) is 24.0 Å². The van der Waals surface area contributed by atoms with Gasteiger partial charge in [-0.2, -0.15) is 0 Å². The highest BCUT2D eigenvalue weighted by molar-refractivity contribution is 7.93. The number of nitrogens with one attached hydrogen (secondary N) is 2. The number of nitro benzene ring substituents is 1. The van der Waals surface area contributed by atoms with Crippen molar-refractivity contribution in [3.8, 4) is 0 Å². The highest BCUT2D eigenvalue weighted by Gasteiger charge is 2.21. The molecule has 0 unspecified atom stereocenters. The van der Waals surface area contributed by atoms with Crippen LogP contribution in [0.2, 0.25) is 0 Å². The molecule has 0 aliphatic carbocycles. The Bertz CT molecular complexity index is 1350. The molecule has 0 amide bonds. The summed E-state index contributed by atoms with van der Waals surface area (Å²) in [5.41, 5.74) is 1.48. The van der Waals surface area contributed by atoms with E-state index in [0.717, 1.165) is 29.8 Å². The van der Waals surface area contributed by atoms with Gasteiger partial charge in [-0.3, -0.25) is 19.6 Å². The average molecular weight is 462 g/mol. The van der Waals surface area contributed by atoms with E-state index in [2.05, 4.69) is 9.44 Å². The van der Waals surface area contributed by atoms with Crippen LogP contribution in [0.5, 0.6) is 0 Å². The van der Waals surface area contributed by atoms with E-state index in [9.17, 15) is 26.9 Å². The van der Waals surface area contributed by atoms with Crippen LogP contribution in [0.15, 0.2) is 76.5 Å². The lowest BCUT2D eigenvalue weighted by molar-refractivity contribution is -0.384. The molecule has 2 N–H and O–H groups in total. The fourth-order valence-electron chi connectivity index (χ4n) is 2.83. The minimum absolute atomic E-state index is 0.0357. The molecule has 0 aliphatic heterocycles. The van der Waals surface area contributed by atoms with E-state index in [4.69, 9.17) is 0 Å². The van der Waals surface area contributed by atoms with E-state index in [1.165, 1.54) is 18.2 Å². The van der Waals surface area contributed by atoms with Gasteiger partial charge in [0.2, 0.25) is 0 Å². The van der Waals surface area contributed by atoms with Crippen molar-refractivity contribution in [1.29, 1.82) is 0 Å². The molecule has 0 radical (unpaired) electrons. The minimum atomic E-state index is -4.08. The summed E-state index contributed by atoms with van der Waals surface area (Å²) in [4.78, 5) is 9.83. The van der Waals surface area contributed by atoms with E-state index >= 15 is 0 Å². The molecule has 0 bridgehead atoms. The summed E-state index contributed by atoms with van der Waals surface area (Å²) in [6.45, 7) is 3.43. The molecule has 0 heterocycles. The van der Waals surface area contributed by atoms with Gasteiger partial charge in [-0.25, -0.2) is 16.8 Å². The highest BCUT2D eigenvalue weighted by atomic mass is 32.2. The van der Waals surface area contributed by atoms with E-state index < -0.39 is 25.0 Å². The van der Waals surface area contributed by atoms with Crippen molar-refractivity contribution in [2.75, 3.05) is 9.44 Å². The van der Waals surface area contributed by atoms with Crippen LogP contribution >= 0.6 is 0 Å². The molecule has 9 nitrogen and oxygen atoms in total. The Kier molecular flexibility index (Phi) is 6.00. The number of rotatable bonds is 7. The van der Waals surface area contributed by atoms with Gasteiger partial charge in [0.1, 0.15) is 0 Å². The Morgan fingerprint density at radius 3 is 2.00 bits per heavy atom. The summed E-state index contributed by atoms with van der Waals surface area (Å²) in [6, 6.07) is 15.3. The van der Waals surface area contributed by atoms with Crippen molar-refractivity contribution in [3.05, 3.63) is 88.0 Å². The maximum atomic E-state index is 12.9. The number of aryl methyl sites for hydroxylation is 2. The van der Waals surface area contributed by atoms with Crippen molar-refractivity contribution in [2.24, 2.45) is 0 Å². The molecule has 0 aliphatic rings. The monoisotopic (exact) mass is 461 g/mol. The second kappa shape index (κ2) is 8.36. The second-order valence-electron chi connectivity index (χ2n) is 6.81. The Balaban J connectivity index is 1.90. The van der Waals surface area contributed by atoms with Crippen LogP contribution in [-0.4, -0.2) is 21.8 Å². The number of nitrogens with zero attached hydrogens (tertiary/aromatic N) is 1. The normalized spacial score (nSPS) is 11.7.